The van der Waals surface area contributed by atoms with Crippen LogP contribution in [0.5, 0.6) is 0 Å². The zero-order valence-corrected chi connectivity index (χ0v) is 9.90. The minimum Gasteiger partial charge on any atom is -0.383 e. The fourth-order valence-electron chi connectivity index (χ4n) is 0.943. The summed E-state index contributed by atoms with van der Waals surface area (Å²) in [6, 6.07) is 0. The van der Waals surface area contributed by atoms with E-state index in [9.17, 15) is 8.42 Å². The number of alkyl halides is 1. The van der Waals surface area contributed by atoms with Crippen molar-refractivity contribution in [3.05, 3.63) is 0 Å². The highest BCUT2D eigenvalue weighted by Gasteiger charge is 2.35. The zero-order chi connectivity index (χ0) is 9.90. The molecule has 0 aromatic heterocycles. The highest BCUT2D eigenvalue weighted by Crippen LogP contribution is 2.27. The molecular weight excluding hydrogens is 258 g/mol. The van der Waals surface area contributed by atoms with Crippen LogP contribution in [0.15, 0.2) is 0 Å². The van der Waals surface area contributed by atoms with Gasteiger partial charge in [-0.1, -0.05) is 15.9 Å². The number of nitrogens with one attached hydrogen (secondary N) is 1. The number of hydrogen-bond donors (Lipinski definition) is 1. The maximum atomic E-state index is 11.3. The minimum atomic E-state index is -3.04. The zero-order valence-electron chi connectivity index (χ0n) is 7.49. The number of hydrogen-bond acceptors (Lipinski definition) is 3. The second-order valence-corrected chi connectivity index (χ2v) is 6.49. The SMILES string of the molecule is COCC(Br)CNS(=O)(=O)C1CC1. The minimum absolute atomic E-state index is 0.0472. The van der Waals surface area contributed by atoms with Gasteiger partial charge in [0.25, 0.3) is 0 Å². The van der Waals surface area contributed by atoms with Crippen molar-refractivity contribution < 1.29 is 13.2 Å². The van der Waals surface area contributed by atoms with Gasteiger partial charge in [0, 0.05) is 13.7 Å². The number of methoxy groups -OCH3 is 1. The Morgan fingerprint density at radius 1 is 1.62 bits per heavy atom. The van der Waals surface area contributed by atoms with Crippen LogP contribution in [0.4, 0.5) is 0 Å². The van der Waals surface area contributed by atoms with Crippen molar-refractivity contribution in [2.45, 2.75) is 22.9 Å². The van der Waals surface area contributed by atoms with E-state index in [2.05, 4.69) is 20.7 Å². The second kappa shape index (κ2) is 4.72. The lowest BCUT2D eigenvalue weighted by Crippen LogP contribution is -2.33. The van der Waals surface area contributed by atoms with E-state index in [4.69, 9.17) is 4.74 Å². The Balaban J connectivity index is 2.24. The van der Waals surface area contributed by atoms with Crippen LogP contribution in [0.2, 0.25) is 0 Å². The summed E-state index contributed by atoms with van der Waals surface area (Å²) in [6.45, 7) is 0.903. The third-order valence-corrected chi connectivity index (χ3v) is 4.32. The van der Waals surface area contributed by atoms with E-state index in [1.54, 1.807) is 7.11 Å². The lowest BCUT2D eigenvalue weighted by molar-refractivity contribution is 0.201. The molecule has 0 aromatic rings. The normalized spacial score (nSPS) is 20.2. The summed E-state index contributed by atoms with van der Waals surface area (Å²) in [7, 11) is -1.45. The van der Waals surface area contributed by atoms with E-state index >= 15 is 0 Å². The van der Waals surface area contributed by atoms with E-state index in [0.717, 1.165) is 12.8 Å². The second-order valence-electron chi connectivity index (χ2n) is 3.15. The molecule has 78 valence electrons. The van der Waals surface area contributed by atoms with Crippen LogP contribution in [0.3, 0.4) is 0 Å². The van der Waals surface area contributed by atoms with E-state index in [1.165, 1.54) is 0 Å². The van der Waals surface area contributed by atoms with Gasteiger partial charge in [0.2, 0.25) is 10.0 Å². The Morgan fingerprint density at radius 2 is 2.23 bits per heavy atom. The predicted octanol–water partition coefficient (Wildman–Crippen LogP) is 0.478. The van der Waals surface area contributed by atoms with Crippen molar-refractivity contribution in [2.24, 2.45) is 0 Å². The van der Waals surface area contributed by atoms with Gasteiger partial charge in [-0.15, -0.1) is 0 Å². The molecule has 0 radical (unpaired) electrons. The Kier molecular flexibility index (Phi) is 4.15. The van der Waals surface area contributed by atoms with Gasteiger partial charge >= 0.3 is 0 Å². The van der Waals surface area contributed by atoms with E-state index in [1.807, 2.05) is 0 Å². The third-order valence-electron chi connectivity index (χ3n) is 1.82. The molecule has 4 nitrogen and oxygen atoms in total. The summed E-state index contributed by atoms with van der Waals surface area (Å²) in [5.41, 5.74) is 0. The first-order valence-corrected chi connectivity index (χ1v) is 6.64. The average Bonchev–Trinajstić information content (AvgIpc) is 2.84. The van der Waals surface area contributed by atoms with Crippen molar-refractivity contribution in [1.82, 2.24) is 4.72 Å². The van der Waals surface area contributed by atoms with Crippen molar-refractivity contribution >= 4 is 26.0 Å². The van der Waals surface area contributed by atoms with Crippen molar-refractivity contribution in [3.63, 3.8) is 0 Å². The molecule has 1 rings (SSSR count). The fourth-order valence-corrected chi connectivity index (χ4v) is 3.01. The smallest absolute Gasteiger partial charge is 0.214 e. The Labute approximate surface area is 87.2 Å². The van der Waals surface area contributed by atoms with Gasteiger partial charge in [0.15, 0.2) is 0 Å². The summed E-state index contributed by atoms with van der Waals surface area (Å²) in [5.74, 6) is 0. The Hall–Kier alpha value is 0.350. The molecule has 1 aliphatic carbocycles. The van der Waals surface area contributed by atoms with Crippen molar-refractivity contribution in [2.75, 3.05) is 20.3 Å². The molecule has 0 bridgehead atoms. The molecule has 0 aliphatic heterocycles. The molecule has 1 atom stereocenters. The van der Waals surface area contributed by atoms with Gasteiger partial charge in [-0.25, -0.2) is 13.1 Å². The van der Waals surface area contributed by atoms with Gasteiger partial charge in [-0.05, 0) is 12.8 Å². The average molecular weight is 272 g/mol. The van der Waals surface area contributed by atoms with Crippen molar-refractivity contribution in [3.8, 4) is 0 Å². The number of sulfonamides is 1. The van der Waals surface area contributed by atoms with Crippen LogP contribution in [0.25, 0.3) is 0 Å². The molecule has 0 saturated heterocycles. The maximum absolute atomic E-state index is 11.3. The number of ether oxygens (including phenoxy) is 1. The van der Waals surface area contributed by atoms with E-state index in [-0.39, 0.29) is 10.1 Å². The summed E-state index contributed by atoms with van der Waals surface area (Å²) in [6.07, 6.45) is 1.60. The number of halogens is 1. The van der Waals surface area contributed by atoms with Crippen molar-refractivity contribution in [1.29, 1.82) is 0 Å². The van der Waals surface area contributed by atoms with Crippen LogP contribution in [0.1, 0.15) is 12.8 Å². The number of rotatable bonds is 6. The summed E-state index contributed by atoms with van der Waals surface area (Å²) >= 11 is 3.31. The largest absolute Gasteiger partial charge is 0.383 e. The fraction of sp³-hybridized carbons (Fsp3) is 1.00. The van der Waals surface area contributed by atoms with Crippen LogP contribution in [-0.4, -0.2) is 38.8 Å². The standard InChI is InChI=1S/C7H14BrNO3S/c1-12-5-6(8)4-9-13(10,11)7-2-3-7/h6-7,9H,2-5H2,1H3. The Bertz CT molecular complexity index is 250. The topological polar surface area (TPSA) is 55.4 Å². The molecule has 13 heavy (non-hydrogen) atoms. The lowest BCUT2D eigenvalue weighted by Gasteiger charge is -2.09. The van der Waals surface area contributed by atoms with Crippen LogP contribution < -0.4 is 4.72 Å². The lowest BCUT2D eigenvalue weighted by atomic mass is 10.5. The first kappa shape index (κ1) is 11.4. The highest BCUT2D eigenvalue weighted by molar-refractivity contribution is 9.09. The first-order chi connectivity index (χ1) is 6.06. The van der Waals surface area contributed by atoms with E-state index < -0.39 is 10.0 Å². The highest BCUT2D eigenvalue weighted by atomic mass is 79.9. The van der Waals surface area contributed by atoms with Crippen LogP contribution >= 0.6 is 15.9 Å². The maximum Gasteiger partial charge on any atom is 0.214 e. The molecule has 1 fully saturated rings. The van der Waals surface area contributed by atoms with Crippen LogP contribution in [0, 0.1) is 0 Å². The Morgan fingerprint density at radius 3 is 2.69 bits per heavy atom. The first-order valence-electron chi connectivity index (χ1n) is 4.17. The predicted molar refractivity (Wildman–Crippen MR) is 54.5 cm³/mol. The molecular formula is C7H14BrNO3S. The van der Waals surface area contributed by atoms with Gasteiger partial charge in [0.1, 0.15) is 0 Å². The van der Waals surface area contributed by atoms with Gasteiger partial charge in [-0.2, -0.15) is 0 Å². The monoisotopic (exact) mass is 271 g/mol. The molecule has 0 amide bonds. The molecule has 1 unspecified atom stereocenters. The summed E-state index contributed by atoms with van der Waals surface area (Å²) in [4.78, 5) is 0.0472. The molecule has 1 saturated carbocycles. The summed E-state index contributed by atoms with van der Waals surface area (Å²) < 4.78 is 30.1. The van der Waals surface area contributed by atoms with Gasteiger partial charge < -0.3 is 4.74 Å². The van der Waals surface area contributed by atoms with Gasteiger partial charge in [-0.3, -0.25) is 0 Å². The third kappa shape index (κ3) is 3.93. The van der Waals surface area contributed by atoms with Crippen LogP contribution in [-0.2, 0) is 14.8 Å². The molecule has 6 heteroatoms. The molecule has 0 spiro atoms. The quantitative estimate of drug-likeness (QED) is 0.715. The van der Waals surface area contributed by atoms with Gasteiger partial charge in [0.05, 0.1) is 16.7 Å². The summed E-state index contributed by atoms with van der Waals surface area (Å²) in [5, 5.41) is -0.144. The molecule has 1 N–H and O–H groups in total. The van der Waals surface area contributed by atoms with E-state index in [0.29, 0.717) is 13.2 Å². The molecule has 1 aliphatic rings. The molecule has 0 aromatic carbocycles. The molecule has 0 heterocycles.